The molecule has 31 heavy (non-hydrogen) atoms. The van der Waals surface area contributed by atoms with Crippen LogP contribution in [0.15, 0.2) is 48.8 Å². The molecule has 1 saturated heterocycles. The number of nitrogens with zero attached hydrogens (tertiary/aromatic N) is 3. The van der Waals surface area contributed by atoms with Crippen molar-refractivity contribution in [2.75, 3.05) is 45.3 Å². The monoisotopic (exact) mass is 418 g/mol. The van der Waals surface area contributed by atoms with E-state index >= 15 is 0 Å². The fourth-order valence-electron chi connectivity index (χ4n) is 3.82. The molecule has 0 aliphatic carbocycles. The van der Waals surface area contributed by atoms with Crippen LogP contribution < -0.4 is 19.7 Å². The van der Waals surface area contributed by atoms with Gasteiger partial charge in [-0.15, -0.1) is 0 Å². The van der Waals surface area contributed by atoms with Crippen LogP contribution in [0.4, 0.5) is 10.1 Å². The fraction of sp³-hybridized carbons (Fsp3) is 0.250. The normalized spacial score (nSPS) is 13.5. The van der Waals surface area contributed by atoms with Crippen LogP contribution in [0.3, 0.4) is 0 Å². The van der Waals surface area contributed by atoms with Crippen LogP contribution in [0.1, 0.15) is 5.56 Å². The molecule has 3 aromatic rings. The van der Waals surface area contributed by atoms with E-state index in [1.807, 2.05) is 12.1 Å². The molecule has 7 heteroatoms. The first-order valence-electron chi connectivity index (χ1n) is 10.0. The lowest BCUT2D eigenvalue weighted by molar-refractivity contribution is 0.351. The number of nitrogens with one attached hydrogen (secondary N) is 1. The smallest absolute Gasteiger partial charge is 0.206 e. The van der Waals surface area contributed by atoms with Crippen molar-refractivity contribution >= 4 is 5.69 Å². The summed E-state index contributed by atoms with van der Waals surface area (Å²) in [5, 5.41) is 13.3. The van der Waals surface area contributed by atoms with Crippen LogP contribution >= 0.6 is 0 Å². The predicted octanol–water partition coefficient (Wildman–Crippen LogP) is 3.85. The SMILES string of the molecule is COc1cc(-c2cncc(-c3ccc(N4CCNCC4)cc3)c2C#N)cc(OC)c1F. The third-order valence-electron chi connectivity index (χ3n) is 5.47. The number of benzene rings is 2. The number of halogens is 1. The number of aromatic nitrogens is 1. The Hall–Kier alpha value is -3.63. The highest BCUT2D eigenvalue weighted by Gasteiger charge is 2.18. The minimum atomic E-state index is -0.583. The molecule has 0 bridgehead atoms. The van der Waals surface area contributed by atoms with Crippen molar-refractivity contribution < 1.29 is 13.9 Å². The van der Waals surface area contributed by atoms with Crippen molar-refractivity contribution in [2.24, 2.45) is 0 Å². The molecule has 0 spiro atoms. The first kappa shape index (κ1) is 20.6. The van der Waals surface area contributed by atoms with Gasteiger partial charge >= 0.3 is 0 Å². The average molecular weight is 418 g/mol. The molecule has 0 atom stereocenters. The molecule has 0 saturated carbocycles. The third kappa shape index (κ3) is 4.03. The molecule has 1 aliphatic heterocycles. The standard InChI is InChI=1S/C24H23FN4O2/c1-30-22-11-17(12-23(31-2)24(22)25)21-15-28-14-20(19(21)13-26)16-3-5-18(6-4-16)29-9-7-27-8-10-29/h3-6,11-12,14-15,27H,7-10H2,1-2H3. The van der Waals surface area contributed by atoms with Crippen molar-refractivity contribution in [2.45, 2.75) is 0 Å². The number of rotatable bonds is 5. The quantitative estimate of drug-likeness (QED) is 0.679. The maximum Gasteiger partial charge on any atom is 0.206 e. The van der Waals surface area contributed by atoms with Crippen LogP contribution in [0, 0.1) is 17.1 Å². The molecule has 0 radical (unpaired) electrons. The maximum atomic E-state index is 14.3. The number of nitriles is 1. The second kappa shape index (κ2) is 9.02. The summed E-state index contributed by atoms with van der Waals surface area (Å²) in [7, 11) is 2.78. The summed E-state index contributed by atoms with van der Waals surface area (Å²) >= 11 is 0. The van der Waals surface area contributed by atoms with E-state index in [-0.39, 0.29) is 11.5 Å². The average Bonchev–Trinajstić information content (AvgIpc) is 2.84. The van der Waals surface area contributed by atoms with E-state index < -0.39 is 5.82 Å². The van der Waals surface area contributed by atoms with E-state index in [2.05, 4.69) is 33.4 Å². The number of piperazine rings is 1. The van der Waals surface area contributed by atoms with Gasteiger partial charge in [0.25, 0.3) is 0 Å². The predicted molar refractivity (Wildman–Crippen MR) is 118 cm³/mol. The van der Waals surface area contributed by atoms with Gasteiger partial charge in [0, 0.05) is 55.4 Å². The van der Waals surface area contributed by atoms with E-state index in [0.717, 1.165) is 37.4 Å². The highest BCUT2D eigenvalue weighted by atomic mass is 19.1. The highest BCUT2D eigenvalue weighted by Crippen LogP contribution is 2.37. The summed E-state index contributed by atoms with van der Waals surface area (Å²) in [6.07, 6.45) is 3.28. The van der Waals surface area contributed by atoms with E-state index in [0.29, 0.717) is 22.3 Å². The van der Waals surface area contributed by atoms with Gasteiger partial charge in [-0.2, -0.15) is 9.65 Å². The molecular formula is C24H23FN4O2. The molecule has 1 N–H and O–H groups in total. The molecule has 6 nitrogen and oxygen atoms in total. The van der Waals surface area contributed by atoms with Crippen LogP contribution in [0.25, 0.3) is 22.3 Å². The molecule has 4 rings (SSSR count). The first-order valence-corrected chi connectivity index (χ1v) is 10.0. The number of methoxy groups -OCH3 is 2. The van der Waals surface area contributed by atoms with Gasteiger partial charge in [-0.25, -0.2) is 0 Å². The third-order valence-corrected chi connectivity index (χ3v) is 5.47. The molecule has 158 valence electrons. The Balaban J connectivity index is 1.75. The molecule has 2 aromatic carbocycles. The molecule has 1 aromatic heterocycles. The van der Waals surface area contributed by atoms with Gasteiger partial charge in [-0.05, 0) is 35.4 Å². The maximum absolute atomic E-state index is 14.3. The Morgan fingerprint density at radius 2 is 1.55 bits per heavy atom. The topological polar surface area (TPSA) is 70.4 Å². The van der Waals surface area contributed by atoms with Crippen molar-refractivity contribution in [1.82, 2.24) is 10.3 Å². The number of anilines is 1. The Bertz CT molecular complexity index is 1090. The number of hydrogen-bond acceptors (Lipinski definition) is 6. The zero-order valence-corrected chi connectivity index (χ0v) is 17.5. The Morgan fingerprint density at radius 1 is 0.968 bits per heavy atom. The van der Waals surface area contributed by atoms with Gasteiger partial charge < -0.3 is 19.7 Å². The zero-order chi connectivity index (χ0) is 21.8. The number of ether oxygens (including phenoxy) is 2. The molecular weight excluding hydrogens is 395 g/mol. The summed E-state index contributed by atoms with van der Waals surface area (Å²) in [6, 6.07) is 13.5. The van der Waals surface area contributed by atoms with Crippen molar-refractivity contribution in [3.63, 3.8) is 0 Å². The van der Waals surface area contributed by atoms with Crippen molar-refractivity contribution in [3.8, 4) is 39.8 Å². The van der Waals surface area contributed by atoms with Crippen LogP contribution in [0.2, 0.25) is 0 Å². The van der Waals surface area contributed by atoms with E-state index in [1.165, 1.54) is 14.2 Å². The van der Waals surface area contributed by atoms with Crippen molar-refractivity contribution in [1.29, 1.82) is 5.26 Å². The van der Waals surface area contributed by atoms with Crippen LogP contribution in [-0.2, 0) is 0 Å². The minimum absolute atomic E-state index is 0.0454. The Kier molecular flexibility index (Phi) is 6.01. The molecule has 0 amide bonds. The second-order valence-corrected chi connectivity index (χ2v) is 7.20. The van der Waals surface area contributed by atoms with E-state index in [1.54, 1.807) is 24.5 Å². The molecule has 2 heterocycles. The fourth-order valence-corrected chi connectivity index (χ4v) is 3.82. The molecule has 1 aliphatic rings. The van der Waals surface area contributed by atoms with E-state index in [4.69, 9.17) is 9.47 Å². The molecule has 0 unspecified atom stereocenters. The van der Waals surface area contributed by atoms with E-state index in [9.17, 15) is 9.65 Å². The number of pyridine rings is 1. The number of hydrogen-bond donors (Lipinski definition) is 1. The van der Waals surface area contributed by atoms with Gasteiger partial charge in [-0.3, -0.25) is 4.98 Å². The van der Waals surface area contributed by atoms with Gasteiger partial charge in [0.2, 0.25) is 5.82 Å². The second-order valence-electron chi connectivity index (χ2n) is 7.20. The lowest BCUT2D eigenvalue weighted by Gasteiger charge is -2.29. The summed E-state index contributed by atoms with van der Waals surface area (Å²) in [6.45, 7) is 3.87. The summed E-state index contributed by atoms with van der Waals surface area (Å²) in [5.41, 5.74) is 4.41. The van der Waals surface area contributed by atoms with Gasteiger partial charge in [0.1, 0.15) is 6.07 Å². The Labute approximate surface area is 180 Å². The van der Waals surface area contributed by atoms with Crippen molar-refractivity contribution in [3.05, 3.63) is 60.2 Å². The first-order chi connectivity index (χ1) is 15.2. The summed E-state index contributed by atoms with van der Waals surface area (Å²) < 4.78 is 24.6. The van der Waals surface area contributed by atoms with Gasteiger partial charge in [0.05, 0.1) is 19.8 Å². The molecule has 1 fully saturated rings. The summed E-state index contributed by atoms with van der Waals surface area (Å²) in [4.78, 5) is 6.68. The van der Waals surface area contributed by atoms with Crippen LogP contribution in [-0.4, -0.2) is 45.4 Å². The summed E-state index contributed by atoms with van der Waals surface area (Å²) in [5.74, 6) is -0.493. The van der Waals surface area contributed by atoms with Crippen LogP contribution in [0.5, 0.6) is 11.5 Å². The Morgan fingerprint density at radius 3 is 2.10 bits per heavy atom. The highest BCUT2D eigenvalue weighted by molar-refractivity contribution is 5.82. The lowest BCUT2D eigenvalue weighted by Crippen LogP contribution is -2.43. The zero-order valence-electron chi connectivity index (χ0n) is 17.5. The minimum Gasteiger partial charge on any atom is -0.494 e. The van der Waals surface area contributed by atoms with Gasteiger partial charge in [0.15, 0.2) is 11.5 Å². The van der Waals surface area contributed by atoms with Gasteiger partial charge in [-0.1, -0.05) is 12.1 Å². The lowest BCUT2D eigenvalue weighted by atomic mass is 9.94. The largest absolute Gasteiger partial charge is 0.494 e.